The third-order valence-electron chi connectivity index (χ3n) is 7.89. The number of allylic oxidation sites excluding steroid dienone is 4. The number of ketones is 2. The number of hydrogen-bond acceptors (Lipinski definition) is 6. The summed E-state index contributed by atoms with van der Waals surface area (Å²) in [6.07, 6.45) is 2.35. The zero-order valence-corrected chi connectivity index (χ0v) is 25.6. The van der Waals surface area contributed by atoms with Gasteiger partial charge in [0.05, 0.1) is 16.2 Å². The van der Waals surface area contributed by atoms with Crippen molar-refractivity contribution in [1.82, 2.24) is 5.32 Å². The van der Waals surface area contributed by atoms with E-state index in [1.54, 1.807) is 31.4 Å². The van der Waals surface area contributed by atoms with Crippen LogP contribution in [0.2, 0.25) is 0 Å². The van der Waals surface area contributed by atoms with Gasteiger partial charge in [-0.15, -0.1) is 0 Å². The van der Waals surface area contributed by atoms with Crippen molar-refractivity contribution in [1.29, 1.82) is 0 Å². The number of carboxylic acids is 1. The minimum absolute atomic E-state index is 0.0760. The van der Waals surface area contributed by atoms with E-state index >= 15 is 0 Å². The molecule has 0 atom stereocenters. The van der Waals surface area contributed by atoms with Gasteiger partial charge in [0.25, 0.3) is 0 Å². The lowest BCUT2D eigenvalue weighted by atomic mass is 9.64. The van der Waals surface area contributed by atoms with E-state index < -0.39 is 11.9 Å². The van der Waals surface area contributed by atoms with E-state index in [0.717, 1.165) is 38.9 Å². The molecule has 1 aliphatic heterocycles. The van der Waals surface area contributed by atoms with Crippen LogP contribution < -0.4 is 14.8 Å². The van der Waals surface area contributed by atoms with Gasteiger partial charge in [-0.2, -0.15) is 0 Å². The Morgan fingerprint density at radius 1 is 0.950 bits per heavy atom. The molecule has 3 aliphatic rings. The maximum Gasteiger partial charge on any atom is 0.335 e. The molecular formula is C32H34INO6. The summed E-state index contributed by atoms with van der Waals surface area (Å²) in [5, 5.41) is 12.7. The van der Waals surface area contributed by atoms with Crippen LogP contribution in [0.5, 0.6) is 11.5 Å². The smallest absolute Gasteiger partial charge is 0.335 e. The minimum atomic E-state index is -0.978. The number of nitrogens with one attached hydrogen (secondary N) is 1. The molecule has 5 rings (SSSR count). The summed E-state index contributed by atoms with van der Waals surface area (Å²) in [7, 11) is 1.57. The fourth-order valence-electron chi connectivity index (χ4n) is 6.17. The van der Waals surface area contributed by atoms with Gasteiger partial charge in [-0.3, -0.25) is 9.59 Å². The number of ether oxygens (including phenoxy) is 2. The molecule has 210 valence electrons. The van der Waals surface area contributed by atoms with Crippen LogP contribution in [0.4, 0.5) is 0 Å². The van der Waals surface area contributed by atoms with Crippen molar-refractivity contribution in [3.8, 4) is 11.5 Å². The summed E-state index contributed by atoms with van der Waals surface area (Å²) >= 11 is 2.20. The van der Waals surface area contributed by atoms with Gasteiger partial charge in [0, 0.05) is 41.3 Å². The average molecular weight is 656 g/mol. The van der Waals surface area contributed by atoms with Gasteiger partial charge in [0.2, 0.25) is 0 Å². The molecule has 7 nitrogen and oxygen atoms in total. The summed E-state index contributed by atoms with van der Waals surface area (Å²) in [5.74, 6) is -0.218. The highest BCUT2D eigenvalue weighted by atomic mass is 127. The molecule has 2 aromatic carbocycles. The van der Waals surface area contributed by atoms with E-state index in [9.17, 15) is 14.4 Å². The van der Waals surface area contributed by atoms with Gasteiger partial charge >= 0.3 is 5.97 Å². The van der Waals surface area contributed by atoms with E-state index in [-0.39, 0.29) is 34.6 Å². The standard InChI is InChI=1S/C32H34INO6/c1-31(2)12-21-27(23(35)14-31)26(28-22(34-21)13-32(3,4)15-24(28)36)19-10-20(33)29(25(11-19)39-5)40-16-17-6-8-18(9-7-17)30(37)38/h6-11,26,34H,12-16H2,1-5H3,(H,37,38). The molecule has 0 radical (unpaired) electrons. The number of rotatable bonds is 6. The van der Waals surface area contributed by atoms with Crippen molar-refractivity contribution >= 4 is 40.1 Å². The highest BCUT2D eigenvalue weighted by Gasteiger charge is 2.46. The fourth-order valence-corrected chi connectivity index (χ4v) is 6.95. The van der Waals surface area contributed by atoms with Crippen LogP contribution in [0.15, 0.2) is 58.9 Å². The lowest BCUT2D eigenvalue weighted by Gasteiger charge is -2.44. The van der Waals surface area contributed by atoms with Crippen molar-refractivity contribution in [3.05, 3.63) is 79.2 Å². The van der Waals surface area contributed by atoms with E-state index in [1.165, 1.54) is 0 Å². The SMILES string of the molecule is COc1cc(C2C3=C(CC(C)(C)CC3=O)NC3=C2C(=O)CC(C)(C)C3)cc(I)c1OCc1ccc(C(=O)O)cc1. The lowest BCUT2D eigenvalue weighted by molar-refractivity contribution is -0.119. The number of aromatic carboxylic acids is 1. The van der Waals surface area contributed by atoms with Crippen LogP contribution in [0, 0.1) is 14.4 Å². The molecule has 0 unspecified atom stereocenters. The number of carbonyl (C=O) groups excluding carboxylic acids is 2. The zero-order valence-electron chi connectivity index (χ0n) is 23.4. The van der Waals surface area contributed by atoms with Crippen molar-refractivity contribution in [2.75, 3.05) is 7.11 Å². The summed E-state index contributed by atoms with van der Waals surface area (Å²) in [5.41, 5.74) is 4.78. The minimum Gasteiger partial charge on any atom is -0.493 e. The van der Waals surface area contributed by atoms with E-state index in [0.29, 0.717) is 35.5 Å². The number of methoxy groups -OCH3 is 1. The maximum atomic E-state index is 13.6. The Labute approximate surface area is 248 Å². The average Bonchev–Trinajstić information content (AvgIpc) is 2.85. The first kappa shape index (κ1) is 28.4. The second-order valence-electron chi connectivity index (χ2n) is 12.5. The quantitative estimate of drug-likeness (QED) is 0.341. The van der Waals surface area contributed by atoms with E-state index in [4.69, 9.17) is 14.6 Å². The summed E-state index contributed by atoms with van der Waals surface area (Å²) in [4.78, 5) is 38.4. The molecule has 0 saturated heterocycles. The molecule has 2 aliphatic carbocycles. The number of dihydropyridines is 1. The number of benzene rings is 2. The number of hydrogen-bond donors (Lipinski definition) is 2. The highest BCUT2D eigenvalue weighted by Crippen LogP contribution is 2.52. The molecule has 2 aromatic rings. The van der Waals surface area contributed by atoms with Gasteiger partial charge in [-0.25, -0.2) is 4.79 Å². The van der Waals surface area contributed by atoms with Crippen molar-refractivity contribution in [2.45, 2.75) is 65.9 Å². The van der Waals surface area contributed by atoms with Crippen LogP contribution in [-0.4, -0.2) is 29.8 Å². The van der Waals surface area contributed by atoms with Crippen LogP contribution in [0.25, 0.3) is 0 Å². The molecular weight excluding hydrogens is 621 g/mol. The van der Waals surface area contributed by atoms with Gasteiger partial charge in [0.1, 0.15) is 6.61 Å². The first-order chi connectivity index (χ1) is 18.8. The van der Waals surface area contributed by atoms with Crippen molar-refractivity contribution in [3.63, 3.8) is 0 Å². The summed E-state index contributed by atoms with van der Waals surface area (Å²) in [6, 6.07) is 10.4. The number of carbonyl (C=O) groups is 3. The number of Topliss-reactive ketones (excluding diaryl/α,β-unsaturated/α-hetero) is 2. The largest absolute Gasteiger partial charge is 0.493 e. The van der Waals surface area contributed by atoms with Crippen LogP contribution in [-0.2, 0) is 16.2 Å². The molecule has 0 amide bonds. The maximum absolute atomic E-state index is 13.6. The normalized spacial score (nSPS) is 20.1. The predicted octanol–water partition coefficient (Wildman–Crippen LogP) is 6.55. The monoisotopic (exact) mass is 655 g/mol. The van der Waals surface area contributed by atoms with E-state index in [2.05, 4.69) is 55.6 Å². The number of halogens is 1. The summed E-state index contributed by atoms with van der Waals surface area (Å²) in [6.45, 7) is 8.67. The Kier molecular flexibility index (Phi) is 7.35. The molecule has 0 aromatic heterocycles. The molecule has 1 heterocycles. The topological polar surface area (TPSA) is 102 Å². The molecule has 0 bridgehead atoms. The molecule has 0 spiro atoms. The first-order valence-corrected chi connectivity index (χ1v) is 14.5. The Morgan fingerprint density at radius 3 is 2.00 bits per heavy atom. The highest BCUT2D eigenvalue weighted by molar-refractivity contribution is 14.1. The fraction of sp³-hybridized carbons (Fsp3) is 0.406. The molecule has 0 fully saturated rings. The van der Waals surface area contributed by atoms with Crippen molar-refractivity contribution in [2.24, 2.45) is 10.8 Å². The third kappa shape index (κ3) is 5.42. The van der Waals surface area contributed by atoms with Crippen LogP contribution in [0.3, 0.4) is 0 Å². The van der Waals surface area contributed by atoms with Gasteiger partial charge in [-0.05, 0) is 81.7 Å². The Bertz CT molecular complexity index is 1430. The Morgan fingerprint density at radius 2 is 1.50 bits per heavy atom. The number of carboxylic acid groups (broad SMARTS) is 1. The molecule has 0 saturated carbocycles. The van der Waals surface area contributed by atoms with Crippen LogP contribution in [0.1, 0.15) is 80.8 Å². The predicted molar refractivity (Wildman–Crippen MR) is 159 cm³/mol. The lowest BCUT2D eigenvalue weighted by Crippen LogP contribution is -2.42. The zero-order chi connectivity index (χ0) is 29.0. The molecule has 2 N–H and O–H groups in total. The molecule has 40 heavy (non-hydrogen) atoms. The molecule has 8 heteroatoms. The van der Waals surface area contributed by atoms with Crippen LogP contribution >= 0.6 is 22.6 Å². The first-order valence-electron chi connectivity index (χ1n) is 13.4. The van der Waals surface area contributed by atoms with Gasteiger partial charge in [0.15, 0.2) is 23.1 Å². The second-order valence-corrected chi connectivity index (χ2v) is 13.7. The van der Waals surface area contributed by atoms with Gasteiger partial charge < -0.3 is 19.9 Å². The van der Waals surface area contributed by atoms with E-state index in [1.807, 2.05) is 12.1 Å². The van der Waals surface area contributed by atoms with Crippen molar-refractivity contribution < 1.29 is 29.0 Å². The Hall–Kier alpha value is -3.14. The third-order valence-corrected chi connectivity index (χ3v) is 8.69. The van der Waals surface area contributed by atoms with Gasteiger partial charge in [-0.1, -0.05) is 39.8 Å². The second kappa shape index (κ2) is 10.4. The summed E-state index contributed by atoms with van der Waals surface area (Å²) < 4.78 is 12.7. The Balaban J connectivity index is 1.55.